The zero-order valence-electron chi connectivity index (χ0n) is 11.2. The van der Waals surface area contributed by atoms with Crippen molar-refractivity contribution in [2.24, 2.45) is 5.73 Å². The van der Waals surface area contributed by atoms with Gasteiger partial charge in [0.05, 0.1) is 6.61 Å². The number of ether oxygens (including phenoxy) is 1. The molecule has 0 fully saturated rings. The number of aryl methyl sites for hydroxylation is 1. The van der Waals surface area contributed by atoms with Gasteiger partial charge in [0, 0.05) is 13.0 Å². The summed E-state index contributed by atoms with van der Waals surface area (Å²) < 4.78 is 5.47. The van der Waals surface area contributed by atoms with Crippen LogP contribution in [0.5, 0.6) is 5.75 Å². The van der Waals surface area contributed by atoms with Gasteiger partial charge in [0.15, 0.2) is 0 Å². The van der Waals surface area contributed by atoms with E-state index >= 15 is 0 Å². The normalized spacial score (nSPS) is 10.2. The molecule has 18 heavy (non-hydrogen) atoms. The van der Waals surface area contributed by atoms with Gasteiger partial charge in [0.25, 0.3) is 0 Å². The summed E-state index contributed by atoms with van der Waals surface area (Å²) in [4.78, 5) is 11.4. The molecule has 0 radical (unpaired) electrons. The number of hydrogen-bond donors (Lipinski definition) is 2. The number of carbonyl (C=O) groups excluding carboxylic acids is 1. The lowest BCUT2D eigenvalue weighted by Crippen LogP contribution is -2.23. The Morgan fingerprint density at radius 3 is 2.83 bits per heavy atom. The Hall–Kier alpha value is -1.55. The Bertz CT molecular complexity index is 391. The summed E-state index contributed by atoms with van der Waals surface area (Å²) in [5, 5.41) is 2.88. The summed E-state index contributed by atoms with van der Waals surface area (Å²) in [5.41, 5.74) is 7.52. The van der Waals surface area contributed by atoms with Crippen LogP contribution in [0.15, 0.2) is 18.2 Å². The average molecular weight is 250 g/mol. The maximum atomic E-state index is 11.4. The van der Waals surface area contributed by atoms with E-state index in [2.05, 4.69) is 5.32 Å². The second-order valence-electron chi connectivity index (χ2n) is 4.20. The zero-order chi connectivity index (χ0) is 13.4. The molecule has 0 spiro atoms. The first-order valence-electron chi connectivity index (χ1n) is 6.36. The maximum Gasteiger partial charge on any atom is 0.220 e. The van der Waals surface area contributed by atoms with Crippen molar-refractivity contribution in [3.05, 3.63) is 29.3 Å². The van der Waals surface area contributed by atoms with Crippen molar-refractivity contribution in [3.8, 4) is 5.75 Å². The molecule has 0 saturated heterocycles. The molecule has 4 heteroatoms. The molecule has 0 aliphatic carbocycles. The number of amides is 1. The van der Waals surface area contributed by atoms with Gasteiger partial charge in [-0.1, -0.05) is 12.1 Å². The Kier molecular flexibility index (Phi) is 6.22. The molecule has 0 bridgehead atoms. The van der Waals surface area contributed by atoms with E-state index < -0.39 is 0 Å². The van der Waals surface area contributed by atoms with Crippen LogP contribution in [0.3, 0.4) is 0 Å². The minimum Gasteiger partial charge on any atom is -0.494 e. The van der Waals surface area contributed by atoms with Crippen LogP contribution >= 0.6 is 0 Å². The molecule has 0 saturated carbocycles. The van der Waals surface area contributed by atoms with Gasteiger partial charge in [-0.05, 0) is 44.0 Å². The monoisotopic (exact) mass is 250 g/mol. The number of nitrogens with two attached hydrogens (primary N) is 1. The van der Waals surface area contributed by atoms with E-state index in [9.17, 15) is 4.79 Å². The Labute approximate surface area is 109 Å². The van der Waals surface area contributed by atoms with Crippen molar-refractivity contribution in [1.29, 1.82) is 0 Å². The molecule has 3 N–H and O–H groups in total. The Morgan fingerprint density at radius 1 is 1.44 bits per heavy atom. The molecule has 1 rings (SSSR count). The minimum atomic E-state index is 0.0481. The van der Waals surface area contributed by atoms with Crippen LogP contribution in [0.4, 0.5) is 0 Å². The smallest absolute Gasteiger partial charge is 0.220 e. The highest BCUT2D eigenvalue weighted by molar-refractivity contribution is 5.75. The molecular weight excluding hydrogens is 228 g/mol. The lowest BCUT2D eigenvalue weighted by atomic mass is 10.1. The lowest BCUT2D eigenvalue weighted by Gasteiger charge is -2.10. The number of benzene rings is 1. The van der Waals surface area contributed by atoms with Crippen LogP contribution < -0.4 is 15.8 Å². The van der Waals surface area contributed by atoms with Crippen molar-refractivity contribution in [2.75, 3.05) is 13.2 Å². The van der Waals surface area contributed by atoms with Gasteiger partial charge in [-0.3, -0.25) is 4.79 Å². The van der Waals surface area contributed by atoms with Gasteiger partial charge in [-0.15, -0.1) is 0 Å². The molecule has 0 aliphatic rings. The first kappa shape index (κ1) is 14.5. The lowest BCUT2D eigenvalue weighted by molar-refractivity contribution is -0.121. The van der Waals surface area contributed by atoms with Crippen molar-refractivity contribution in [2.45, 2.75) is 33.2 Å². The molecule has 0 aliphatic heterocycles. The SMILES string of the molecule is CCOc1ccc(CNC(=O)CCCN)cc1C. The van der Waals surface area contributed by atoms with Gasteiger partial charge in [-0.2, -0.15) is 0 Å². The number of nitrogens with one attached hydrogen (secondary N) is 1. The van der Waals surface area contributed by atoms with E-state index in [1.54, 1.807) is 0 Å². The summed E-state index contributed by atoms with van der Waals surface area (Å²) in [6, 6.07) is 5.95. The summed E-state index contributed by atoms with van der Waals surface area (Å²) >= 11 is 0. The van der Waals surface area contributed by atoms with E-state index in [-0.39, 0.29) is 5.91 Å². The molecule has 0 atom stereocenters. The molecule has 0 aromatic heterocycles. The summed E-state index contributed by atoms with van der Waals surface area (Å²) in [7, 11) is 0. The highest BCUT2D eigenvalue weighted by atomic mass is 16.5. The molecule has 1 aromatic carbocycles. The van der Waals surface area contributed by atoms with Crippen molar-refractivity contribution < 1.29 is 9.53 Å². The third-order valence-electron chi connectivity index (χ3n) is 2.64. The second kappa shape index (κ2) is 7.71. The van der Waals surface area contributed by atoms with E-state index in [4.69, 9.17) is 10.5 Å². The third-order valence-corrected chi connectivity index (χ3v) is 2.64. The Balaban J connectivity index is 2.48. The zero-order valence-corrected chi connectivity index (χ0v) is 11.2. The molecule has 0 unspecified atom stereocenters. The first-order chi connectivity index (χ1) is 8.67. The fraction of sp³-hybridized carbons (Fsp3) is 0.500. The van der Waals surface area contributed by atoms with Crippen molar-refractivity contribution in [1.82, 2.24) is 5.32 Å². The quantitative estimate of drug-likeness (QED) is 0.775. The van der Waals surface area contributed by atoms with Crippen LogP contribution in [-0.4, -0.2) is 19.1 Å². The van der Waals surface area contributed by atoms with E-state index in [0.29, 0.717) is 26.1 Å². The van der Waals surface area contributed by atoms with E-state index in [1.165, 1.54) is 0 Å². The van der Waals surface area contributed by atoms with Gasteiger partial charge in [0.2, 0.25) is 5.91 Å². The standard InChI is InChI=1S/C14H22N2O2/c1-3-18-13-7-6-12(9-11(13)2)10-16-14(17)5-4-8-15/h6-7,9H,3-5,8,10,15H2,1-2H3,(H,16,17). The van der Waals surface area contributed by atoms with Gasteiger partial charge in [-0.25, -0.2) is 0 Å². The fourth-order valence-corrected chi connectivity index (χ4v) is 1.69. The highest BCUT2D eigenvalue weighted by Crippen LogP contribution is 2.18. The van der Waals surface area contributed by atoms with Crippen LogP contribution in [0.1, 0.15) is 30.9 Å². The molecular formula is C14H22N2O2. The number of hydrogen-bond acceptors (Lipinski definition) is 3. The van der Waals surface area contributed by atoms with Crippen molar-refractivity contribution >= 4 is 5.91 Å². The third kappa shape index (κ3) is 4.75. The van der Waals surface area contributed by atoms with Crippen LogP contribution in [0, 0.1) is 6.92 Å². The first-order valence-corrected chi connectivity index (χ1v) is 6.36. The van der Waals surface area contributed by atoms with Gasteiger partial charge >= 0.3 is 0 Å². The van der Waals surface area contributed by atoms with Crippen LogP contribution in [0.25, 0.3) is 0 Å². The fourth-order valence-electron chi connectivity index (χ4n) is 1.69. The minimum absolute atomic E-state index is 0.0481. The topological polar surface area (TPSA) is 64.3 Å². The summed E-state index contributed by atoms with van der Waals surface area (Å²) in [6.45, 7) is 5.73. The van der Waals surface area contributed by atoms with Crippen LogP contribution in [0.2, 0.25) is 0 Å². The van der Waals surface area contributed by atoms with E-state index in [0.717, 1.165) is 23.3 Å². The molecule has 1 aromatic rings. The van der Waals surface area contributed by atoms with E-state index in [1.807, 2.05) is 32.0 Å². The molecule has 1 amide bonds. The predicted molar refractivity (Wildman–Crippen MR) is 72.5 cm³/mol. The molecule has 0 heterocycles. The number of rotatable bonds is 7. The summed E-state index contributed by atoms with van der Waals surface area (Å²) in [6.07, 6.45) is 1.22. The second-order valence-corrected chi connectivity index (χ2v) is 4.20. The average Bonchev–Trinajstić information content (AvgIpc) is 2.37. The van der Waals surface area contributed by atoms with Gasteiger partial charge in [0.1, 0.15) is 5.75 Å². The predicted octanol–water partition coefficient (Wildman–Crippen LogP) is 1.75. The highest BCUT2D eigenvalue weighted by Gasteiger charge is 2.03. The van der Waals surface area contributed by atoms with Crippen molar-refractivity contribution in [3.63, 3.8) is 0 Å². The maximum absolute atomic E-state index is 11.4. The Morgan fingerprint density at radius 2 is 2.22 bits per heavy atom. The summed E-state index contributed by atoms with van der Waals surface area (Å²) in [5.74, 6) is 0.947. The molecule has 100 valence electrons. The van der Waals surface area contributed by atoms with Crippen LogP contribution in [-0.2, 0) is 11.3 Å². The molecule has 4 nitrogen and oxygen atoms in total. The van der Waals surface area contributed by atoms with Gasteiger partial charge < -0.3 is 15.8 Å². The largest absolute Gasteiger partial charge is 0.494 e. The number of carbonyl (C=O) groups is 1.